The SMILES string of the molecule is Cc1cnc(-c2ccnc(C(C)C)n2)cc1-n1c(=O)c(Cl)c(OCc2ncc(F)cc2F)n(C)c1=O. The molecule has 9 nitrogen and oxygen atoms in total. The summed E-state index contributed by atoms with van der Waals surface area (Å²) >= 11 is 6.29. The minimum absolute atomic E-state index is 0.0923. The second-order valence-electron chi connectivity index (χ2n) is 8.28. The van der Waals surface area contributed by atoms with Crippen molar-refractivity contribution in [2.45, 2.75) is 33.3 Å². The number of aryl methyl sites for hydroxylation is 1. The highest BCUT2D eigenvalue weighted by Gasteiger charge is 2.21. The molecule has 0 saturated heterocycles. The molecular formula is C24H21ClF2N6O3. The fraction of sp³-hybridized carbons (Fsp3) is 0.250. The molecule has 0 amide bonds. The third kappa shape index (κ3) is 4.74. The predicted octanol–water partition coefficient (Wildman–Crippen LogP) is 3.73. The Hall–Kier alpha value is -3.99. The van der Waals surface area contributed by atoms with Gasteiger partial charge >= 0.3 is 5.69 Å². The first-order valence-electron chi connectivity index (χ1n) is 10.8. The van der Waals surface area contributed by atoms with Crippen LogP contribution in [0.3, 0.4) is 0 Å². The highest BCUT2D eigenvalue weighted by molar-refractivity contribution is 6.31. The van der Waals surface area contributed by atoms with Gasteiger partial charge in [-0.1, -0.05) is 25.4 Å². The average Bonchev–Trinajstić information content (AvgIpc) is 2.85. The van der Waals surface area contributed by atoms with Crippen LogP contribution in [0.25, 0.3) is 17.1 Å². The molecular weight excluding hydrogens is 494 g/mol. The number of hydrogen-bond acceptors (Lipinski definition) is 7. The number of rotatable bonds is 6. The van der Waals surface area contributed by atoms with Crippen LogP contribution in [0.4, 0.5) is 8.78 Å². The molecule has 186 valence electrons. The normalized spacial score (nSPS) is 11.2. The minimum Gasteiger partial charge on any atom is -0.471 e. The third-order valence-corrected chi connectivity index (χ3v) is 5.68. The lowest BCUT2D eigenvalue weighted by atomic mass is 10.1. The summed E-state index contributed by atoms with van der Waals surface area (Å²) in [7, 11) is 1.35. The summed E-state index contributed by atoms with van der Waals surface area (Å²) in [5.74, 6) is -1.35. The Morgan fingerprint density at radius 2 is 1.83 bits per heavy atom. The van der Waals surface area contributed by atoms with Crippen LogP contribution in [0.1, 0.15) is 36.8 Å². The monoisotopic (exact) mass is 514 g/mol. The molecule has 0 spiro atoms. The molecule has 0 N–H and O–H groups in total. The first-order valence-corrected chi connectivity index (χ1v) is 11.2. The lowest BCUT2D eigenvalue weighted by Gasteiger charge is -2.16. The number of nitrogens with zero attached hydrogens (tertiary/aromatic N) is 6. The molecule has 0 saturated carbocycles. The number of aromatic nitrogens is 6. The van der Waals surface area contributed by atoms with Crippen molar-refractivity contribution in [3.63, 3.8) is 0 Å². The summed E-state index contributed by atoms with van der Waals surface area (Å²) < 4.78 is 34.4. The maximum Gasteiger partial charge on any atom is 0.338 e. The van der Waals surface area contributed by atoms with E-state index in [9.17, 15) is 18.4 Å². The Balaban J connectivity index is 1.77. The second-order valence-corrected chi connectivity index (χ2v) is 8.66. The molecule has 36 heavy (non-hydrogen) atoms. The molecule has 12 heteroatoms. The van der Waals surface area contributed by atoms with Crippen LogP contribution < -0.4 is 16.0 Å². The topological polar surface area (TPSA) is 105 Å². The van der Waals surface area contributed by atoms with Gasteiger partial charge in [-0.2, -0.15) is 0 Å². The summed E-state index contributed by atoms with van der Waals surface area (Å²) in [5.41, 5.74) is -0.0496. The zero-order chi connectivity index (χ0) is 26.1. The largest absolute Gasteiger partial charge is 0.471 e. The molecule has 0 fully saturated rings. The van der Waals surface area contributed by atoms with E-state index < -0.39 is 34.5 Å². The highest BCUT2D eigenvalue weighted by atomic mass is 35.5. The molecule has 0 radical (unpaired) electrons. The van der Waals surface area contributed by atoms with E-state index in [0.29, 0.717) is 28.8 Å². The van der Waals surface area contributed by atoms with Crippen LogP contribution in [0, 0.1) is 18.6 Å². The van der Waals surface area contributed by atoms with Crippen LogP contribution in [-0.2, 0) is 13.7 Å². The first kappa shape index (κ1) is 25.1. The van der Waals surface area contributed by atoms with Gasteiger partial charge in [0, 0.05) is 31.4 Å². The molecule has 0 aliphatic carbocycles. The zero-order valence-electron chi connectivity index (χ0n) is 19.8. The van der Waals surface area contributed by atoms with E-state index in [-0.39, 0.29) is 23.2 Å². The summed E-state index contributed by atoms with van der Waals surface area (Å²) in [6.07, 6.45) is 3.97. The molecule has 4 aromatic heterocycles. The van der Waals surface area contributed by atoms with Gasteiger partial charge in [0.1, 0.15) is 23.9 Å². The van der Waals surface area contributed by atoms with Crippen molar-refractivity contribution < 1.29 is 13.5 Å². The molecule has 4 aromatic rings. The Kier molecular flexibility index (Phi) is 6.93. The molecule has 0 atom stereocenters. The number of pyridine rings is 2. The van der Waals surface area contributed by atoms with Gasteiger partial charge in [-0.3, -0.25) is 19.3 Å². The van der Waals surface area contributed by atoms with Gasteiger partial charge in [-0.25, -0.2) is 28.1 Å². The van der Waals surface area contributed by atoms with Gasteiger partial charge in [-0.15, -0.1) is 0 Å². The number of halogens is 3. The Morgan fingerprint density at radius 1 is 1.08 bits per heavy atom. The van der Waals surface area contributed by atoms with Crippen molar-refractivity contribution in [3.8, 4) is 23.0 Å². The van der Waals surface area contributed by atoms with Gasteiger partial charge < -0.3 is 4.74 Å². The van der Waals surface area contributed by atoms with Crippen LogP contribution in [0.2, 0.25) is 5.02 Å². The van der Waals surface area contributed by atoms with Crippen molar-refractivity contribution in [1.82, 2.24) is 29.1 Å². The molecule has 0 aliphatic rings. The smallest absolute Gasteiger partial charge is 0.338 e. The fourth-order valence-corrected chi connectivity index (χ4v) is 3.67. The van der Waals surface area contributed by atoms with E-state index in [1.807, 2.05) is 13.8 Å². The van der Waals surface area contributed by atoms with E-state index in [1.54, 1.807) is 25.3 Å². The molecule has 0 aromatic carbocycles. The van der Waals surface area contributed by atoms with Crippen molar-refractivity contribution in [2.75, 3.05) is 0 Å². The summed E-state index contributed by atoms with van der Waals surface area (Å²) in [5, 5.41) is -0.401. The Bertz CT molecular complexity index is 1550. The lowest BCUT2D eigenvalue weighted by molar-refractivity contribution is 0.266. The van der Waals surface area contributed by atoms with E-state index in [2.05, 4.69) is 19.9 Å². The molecule has 0 aliphatic heterocycles. The maximum absolute atomic E-state index is 13.9. The maximum atomic E-state index is 13.9. The quantitative estimate of drug-likeness (QED) is 0.386. The van der Waals surface area contributed by atoms with Crippen molar-refractivity contribution >= 4 is 11.6 Å². The van der Waals surface area contributed by atoms with Gasteiger partial charge in [0.2, 0.25) is 5.88 Å². The van der Waals surface area contributed by atoms with E-state index in [0.717, 1.165) is 15.3 Å². The van der Waals surface area contributed by atoms with Crippen molar-refractivity contribution in [1.29, 1.82) is 0 Å². The average molecular weight is 515 g/mol. The highest BCUT2D eigenvalue weighted by Crippen LogP contribution is 2.24. The Morgan fingerprint density at radius 3 is 2.53 bits per heavy atom. The molecule has 0 unspecified atom stereocenters. The van der Waals surface area contributed by atoms with Crippen LogP contribution >= 0.6 is 11.6 Å². The number of ether oxygens (including phenoxy) is 1. The predicted molar refractivity (Wildman–Crippen MR) is 128 cm³/mol. The minimum atomic E-state index is -0.935. The fourth-order valence-electron chi connectivity index (χ4n) is 3.41. The van der Waals surface area contributed by atoms with E-state index in [1.165, 1.54) is 13.2 Å². The zero-order valence-corrected chi connectivity index (χ0v) is 20.5. The Labute approximate surface area is 209 Å². The van der Waals surface area contributed by atoms with E-state index in [4.69, 9.17) is 16.3 Å². The van der Waals surface area contributed by atoms with Gasteiger partial charge in [0.25, 0.3) is 5.56 Å². The van der Waals surface area contributed by atoms with Crippen molar-refractivity contribution in [3.05, 3.63) is 91.4 Å². The van der Waals surface area contributed by atoms with Gasteiger partial charge in [-0.05, 0) is 24.6 Å². The summed E-state index contributed by atoms with van der Waals surface area (Å²) in [6, 6.07) is 3.90. The molecule has 4 heterocycles. The van der Waals surface area contributed by atoms with Crippen LogP contribution in [0.5, 0.6) is 5.88 Å². The molecule has 4 rings (SSSR count). The lowest BCUT2D eigenvalue weighted by Crippen LogP contribution is -2.39. The standard InChI is InChI=1S/C24H21ClF2N6O3/c1-12(2)21-28-6-5-16(31-21)17-8-19(13(3)9-29-17)33-22(34)20(25)23(32(4)24(33)35)36-11-18-15(27)7-14(26)10-30-18/h5-10,12H,11H2,1-4H3. The van der Waals surface area contributed by atoms with Crippen molar-refractivity contribution in [2.24, 2.45) is 7.05 Å². The van der Waals surface area contributed by atoms with Gasteiger partial charge in [0.15, 0.2) is 10.8 Å². The van der Waals surface area contributed by atoms with Crippen LogP contribution in [0.15, 0.2) is 46.4 Å². The van der Waals surface area contributed by atoms with E-state index >= 15 is 0 Å². The summed E-state index contributed by atoms with van der Waals surface area (Å²) in [6.45, 7) is 5.14. The summed E-state index contributed by atoms with van der Waals surface area (Å²) in [4.78, 5) is 43.2. The first-order chi connectivity index (χ1) is 17.1. The second kappa shape index (κ2) is 9.94. The third-order valence-electron chi connectivity index (χ3n) is 5.36. The van der Waals surface area contributed by atoms with Gasteiger partial charge in [0.05, 0.1) is 23.3 Å². The van der Waals surface area contributed by atoms with Crippen LogP contribution in [-0.4, -0.2) is 29.1 Å². The molecule has 0 bridgehead atoms. The number of hydrogen-bond donors (Lipinski definition) is 0.